The van der Waals surface area contributed by atoms with E-state index in [1.54, 1.807) is 4.90 Å². The van der Waals surface area contributed by atoms with Crippen molar-refractivity contribution >= 4 is 40.1 Å². The Hall–Kier alpha value is -0.620. The van der Waals surface area contributed by atoms with E-state index in [1.165, 1.54) is 24.6 Å². The minimum atomic E-state index is -0.0696. The average molecular weight is 300 g/mol. The van der Waals surface area contributed by atoms with Gasteiger partial charge in [-0.05, 0) is 26.2 Å². The number of thioether (sulfide) groups is 1. The maximum absolute atomic E-state index is 11.8. The Labute approximate surface area is 123 Å². The van der Waals surface area contributed by atoms with Crippen LogP contribution in [-0.4, -0.2) is 38.9 Å². The summed E-state index contributed by atoms with van der Waals surface area (Å²) in [5.74, 6) is 0.177. The van der Waals surface area contributed by atoms with E-state index < -0.39 is 0 Å². The molecule has 1 heterocycles. The highest BCUT2D eigenvalue weighted by Gasteiger charge is 2.33. The first-order chi connectivity index (χ1) is 9.08. The molecule has 2 fully saturated rings. The van der Waals surface area contributed by atoms with Crippen molar-refractivity contribution in [1.29, 1.82) is 0 Å². The molecule has 2 rings (SSSR count). The summed E-state index contributed by atoms with van der Waals surface area (Å²) in [7, 11) is 0. The molecular weight excluding hydrogens is 280 g/mol. The Bertz CT molecular complexity index is 381. The lowest BCUT2D eigenvalue weighted by atomic mass is 10.2. The van der Waals surface area contributed by atoms with E-state index in [1.807, 2.05) is 6.92 Å². The summed E-state index contributed by atoms with van der Waals surface area (Å²) in [5.41, 5.74) is 0. The van der Waals surface area contributed by atoms with Crippen LogP contribution in [-0.2, 0) is 9.59 Å². The van der Waals surface area contributed by atoms with Crippen LogP contribution in [0, 0.1) is 0 Å². The number of thiocarbonyl (C=S) groups is 1. The largest absolute Gasteiger partial charge is 0.353 e. The van der Waals surface area contributed by atoms with Gasteiger partial charge in [0, 0.05) is 19.0 Å². The molecule has 1 aliphatic heterocycles. The van der Waals surface area contributed by atoms with Crippen LogP contribution in [0.25, 0.3) is 0 Å². The molecule has 0 bridgehead atoms. The van der Waals surface area contributed by atoms with Crippen LogP contribution in [0.2, 0.25) is 0 Å². The maximum atomic E-state index is 11.8. The summed E-state index contributed by atoms with van der Waals surface area (Å²) in [6, 6.07) is 0.373. The van der Waals surface area contributed by atoms with Gasteiger partial charge in [-0.1, -0.05) is 36.8 Å². The number of nitrogens with zero attached hydrogens (tertiary/aromatic N) is 1. The van der Waals surface area contributed by atoms with E-state index in [-0.39, 0.29) is 17.1 Å². The lowest BCUT2D eigenvalue weighted by Gasteiger charge is -2.16. The zero-order valence-corrected chi connectivity index (χ0v) is 12.8. The lowest BCUT2D eigenvalue weighted by Crippen LogP contribution is -2.34. The summed E-state index contributed by atoms with van der Waals surface area (Å²) >= 11 is 6.59. The third kappa shape index (κ3) is 3.92. The topological polar surface area (TPSA) is 49.4 Å². The first-order valence-corrected chi connectivity index (χ1v) is 8.18. The highest BCUT2D eigenvalue weighted by molar-refractivity contribution is 8.24. The summed E-state index contributed by atoms with van der Waals surface area (Å²) in [5, 5.41) is 2.99. The monoisotopic (exact) mass is 300 g/mol. The summed E-state index contributed by atoms with van der Waals surface area (Å²) in [6.07, 6.45) is 5.80. The second-order valence-electron chi connectivity index (χ2n) is 5.17. The van der Waals surface area contributed by atoms with Crippen molar-refractivity contribution in [1.82, 2.24) is 10.2 Å². The molecule has 1 unspecified atom stereocenters. The van der Waals surface area contributed by atoms with E-state index in [0.29, 0.717) is 29.7 Å². The predicted octanol–water partition coefficient (Wildman–Crippen LogP) is 2.07. The van der Waals surface area contributed by atoms with Gasteiger partial charge in [-0.25, -0.2) is 0 Å². The fourth-order valence-corrected chi connectivity index (χ4v) is 4.00. The molecule has 0 aromatic carbocycles. The van der Waals surface area contributed by atoms with Gasteiger partial charge < -0.3 is 5.32 Å². The minimum Gasteiger partial charge on any atom is -0.353 e. The zero-order chi connectivity index (χ0) is 13.8. The SMILES string of the molecule is CC1SC(=S)N(CCCC(=O)NC2CCCC2)C1=O. The molecule has 1 N–H and O–H groups in total. The van der Waals surface area contributed by atoms with Crippen molar-refractivity contribution in [3.63, 3.8) is 0 Å². The Morgan fingerprint density at radius 1 is 1.47 bits per heavy atom. The first-order valence-electron chi connectivity index (χ1n) is 6.89. The molecule has 2 amide bonds. The minimum absolute atomic E-state index is 0.0696. The number of carbonyl (C=O) groups excluding carboxylic acids is 2. The first kappa shape index (κ1) is 14.8. The Morgan fingerprint density at radius 2 is 2.16 bits per heavy atom. The lowest BCUT2D eigenvalue weighted by molar-refractivity contribution is -0.126. The third-order valence-electron chi connectivity index (χ3n) is 3.62. The Kier molecular flexibility index (Phi) is 5.21. The van der Waals surface area contributed by atoms with Gasteiger partial charge in [0.25, 0.3) is 0 Å². The molecule has 19 heavy (non-hydrogen) atoms. The van der Waals surface area contributed by atoms with Gasteiger partial charge in [-0.2, -0.15) is 0 Å². The molecule has 4 nitrogen and oxygen atoms in total. The van der Waals surface area contributed by atoms with Crippen molar-refractivity contribution in [3.8, 4) is 0 Å². The fraction of sp³-hybridized carbons (Fsp3) is 0.769. The van der Waals surface area contributed by atoms with Crippen molar-refractivity contribution in [2.75, 3.05) is 6.54 Å². The summed E-state index contributed by atoms with van der Waals surface area (Å²) < 4.78 is 0.647. The molecule has 1 saturated carbocycles. The van der Waals surface area contributed by atoms with E-state index >= 15 is 0 Å². The molecule has 1 saturated heterocycles. The van der Waals surface area contributed by atoms with Crippen LogP contribution < -0.4 is 5.32 Å². The smallest absolute Gasteiger partial charge is 0.241 e. The molecular formula is C13H20N2O2S2. The van der Waals surface area contributed by atoms with Crippen molar-refractivity contribution in [2.24, 2.45) is 0 Å². The second kappa shape index (κ2) is 6.70. The van der Waals surface area contributed by atoms with Crippen LogP contribution in [0.5, 0.6) is 0 Å². The van der Waals surface area contributed by atoms with Crippen molar-refractivity contribution in [2.45, 2.75) is 56.7 Å². The molecule has 0 aromatic heterocycles. The molecule has 0 radical (unpaired) electrons. The second-order valence-corrected chi connectivity index (χ2v) is 7.14. The Balaban J connectivity index is 1.67. The standard InChI is InChI=1S/C13H20N2O2S2/c1-9-12(17)15(13(18)19-9)8-4-7-11(16)14-10-5-2-3-6-10/h9-10H,2-8H2,1H3,(H,14,16). The summed E-state index contributed by atoms with van der Waals surface area (Å²) in [6.45, 7) is 2.43. The van der Waals surface area contributed by atoms with Gasteiger partial charge in [0.2, 0.25) is 11.8 Å². The molecule has 106 valence electrons. The number of amides is 2. The molecule has 1 atom stereocenters. The number of rotatable bonds is 5. The molecule has 6 heteroatoms. The van der Waals surface area contributed by atoms with Crippen LogP contribution in [0.4, 0.5) is 0 Å². The van der Waals surface area contributed by atoms with E-state index in [0.717, 1.165) is 12.8 Å². The van der Waals surface area contributed by atoms with Crippen LogP contribution >= 0.6 is 24.0 Å². The molecule has 1 aliphatic carbocycles. The maximum Gasteiger partial charge on any atom is 0.241 e. The van der Waals surface area contributed by atoms with Gasteiger partial charge in [-0.3, -0.25) is 14.5 Å². The van der Waals surface area contributed by atoms with E-state index in [9.17, 15) is 9.59 Å². The Morgan fingerprint density at radius 3 is 2.74 bits per heavy atom. The van der Waals surface area contributed by atoms with Crippen molar-refractivity contribution in [3.05, 3.63) is 0 Å². The number of nitrogens with one attached hydrogen (secondary N) is 1. The van der Waals surface area contributed by atoms with Crippen LogP contribution in [0.1, 0.15) is 45.4 Å². The van der Waals surface area contributed by atoms with Crippen LogP contribution in [0.3, 0.4) is 0 Å². The van der Waals surface area contributed by atoms with Gasteiger partial charge in [-0.15, -0.1) is 0 Å². The molecule has 0 spiro atoms. The van der Waals surface area contributed by atoms with E-state index in [2.05, 4.69) is 5.32 Å². The normalized spacial score (nSPS) is 24.3. The highest BCUT2D eigenvalue weighted by atomic mass is 32.2. The quantitative estimate of drug-likeness (QED) is 0.790. The van der Waals surface area contributed by atoms with Gasteiger partial charge in [0.1, 0.15) is 4.32 Å². The molecule has 0 aromatic rings. The number of hydrogen-bond donors (Lipinski definition) is 1. The fourth-order valence-electron chi connectivity index (χ4n) is 2.54. The predicted molar refractivity (Wildman–Crippen MR) is 81.0 cm³/mol. The van der Waals surface area contributed by atoms with Crippen molar-refractivity contribution < 1.29 is 9.59 Å². The average Bonchev–Trinajstić information content (AvgIpc) is 2.93. The zero-order valence-electron chi connectivity index (χ0n) is 11.2. The van der Waals surface area contributed by atoms with Gasteiger partial charge in [0.15, 0.2) is 0 Å². The summed E-state index contributed by atoms with van der Waals surface area (Å²) in [4.78, 5) is 25.2. The number of carbonyl (C=O) groups is 2. The third-order valence-corrected chi connectivity index (χ3v) is 5.10. The van der Waals surface area contributed by atoms with Gasteiger partial charge in [0.05, 0.1) is 5.25 Å². The highest BCUT2D eigenvalue weighted by Crippen LogP contribution is 2.26. The van der Waals surface area contributed by atoms with Crippen LogP contribution in [0.15, 0.2) is 0 Å². The number of hydrogen-bond acceptors (Lipinski definition) is 4. The van der Waals surface area contributed by atoms with E-state index in [4.69, 9.17) is 12.2 Å². The molecule has 2 aliphatic rings. The van der Waals surface area contributed by atoms with Gasteiger partial charge >= 0.3 is 0 Å².